The number of unbranched alkanes of at least 4 members (excludes halogenated alkanes) is 2. The number of aromatic carboxylic acids is 1. The number of carbonyl (C=O) groups is 3. The zero-order valence-corrected chi connectivity index (χ0v) is 28.9. The highest BCUT2D eigenvalue weighted by Gasteiger charge is 2.33. The number of amides is 2. The predicted octanol–water partition coefficient (Wildman–Crippen LogP) is 6.59. The fourth-order valence-electron chi connectivity index (χ4n) is 5.73. The monoisotopic (exact) mass is 697 g/mol. The molecule has 0 aliphatic carbocycles. The normalized spacial score (nSPS) is 17.2. The number of carboxylic acids is 1. The molecule has 1 saturated heterocycles. The number of aliphatic hydroxyl groups excluding tert-OH is 1. The molecule has 3 atom stereocenters. The Bertz CT molecular complexity index is 1750. The predicted molar refractivity (Wildman–Crippen MR) is 191 cm³/mol. The van der Waals surface area contributed by atoms with E-state index in [9.17, 15) is 24.6 Å². The molecule has 0 saturated carbocycles. The van der Waals surface area contributed by atoms with Gasteiger partial charge in [0.1, 0.15) is 5.03 Å². The van der Waals surface area contributed by atoms with Crippen LogP contribution in [0.5, 0.6) is 0 Å². The number of rotatable bonds is 16. The van der Waals surface area contributed by atoms with E-state index in [4.69, 9.17) is 9.47 Å². The van der Waals surface area contributed by atoms with Gasteiger partial charge in [0.2, 0.25) is 11.8 Å². The standard InChI is InChI=1S/C39H43N3O7S/c1-26(44)40-18-4-2-3-13-36(45)42-23-28-8-5-9-30(20-28)31-10-6-11-32(21-31)39-48-33(25-50-37-34(38(46)47)12-7-19-41-37)22-35(49-39)29-16-14-27(24-43)15-17-29/h5-12,14-17,19-21,33,35,39,43H,2-4,13,18,22-25H2,1H3,(H,40,44)(H,42,45)(H,46,47). The molecule has 262 valence electrons. The van der Waals surface area contributed by atoms with Crippen LogP contribution in [-0.4, -0.2) is 51.4 Å². The number of carboxylic acid groups (broad SMARTS) is 1. The number of nitrogens with zero attached hydrogens (tertiary/aromatic N) is 1. The SMILES string of the molecule is CC(=O)NCCCCCC(=O)NCc1cccc(-c2cccc(C3OC(CSc4ncccc4C(=O)O)CC(c4ccc(CO)cc4)O3)c2)c1. The summed E-state index contributed by atoms with van der Waals surface area (Å²) < 4.78 is 13.1. The first-order valence-electron chi connectivity index (χ1n) is 16.8. The minimum atomic E-state index is -1.02. The van der Waals surface area contributed by atoms with Crippen LogP contribution in [0.3, 0.4) is 0 Å². The molecular formula is C39H43N3O7S. The van der Waals surface area contributed by atoms with Crippen LogP contribution in [0.15, 0.2) is 96.2 Å². The van der Waals surface area contributed by atoms with E-state index in [2.05, 4.69) is 21.7 Å². The van der Waals surface area contributed by atoms with Gasteiger partial charge in [-0.3, -0.25) is 9.59 Å². The molecule has 50 heavy (non-hydrogen) atoms. The Balaban J connectivity index is 1.26. The third kappa shape index (κ3) is 10.7. The number of thioether (sulfide) groups is 1. The third-order valence-electron chi connectivity index (χ3n) is 8.39. The number of carbonyl (C=O) groups excluding carboxylic acids is 2. The van der Waals surface area contributed by atoms with Gasteiger partial charge in [0, 0.05) is 50.4 Å². The maximum Gasteiger partial charge on any atom is 0.338 e. The van der Waals surface area contributed by atoms with Crippen LogP contribution in [0, 0.1) is 0 Å². The molecule has 4 aromatic rings. The number of hydrogen-bond donors (Lipinski definition) is 4. The first-order chi connectivity index (χ1) is 24.3. The molecule has 0 bridgehead atoms. The van der Waals surface area contributed by atoms with Crippen molar-refractivity contribution in [2.24, 2.45) is 0 Å². The van der Waals surface area contributed by atoms with Crippen molar-refractivity contribution in [3.63, 3.8) is 0 Å². The Labute approximate surface area is 296 Å². The minimum absolute atomic E-state index is 0.000902. The van der Waals surface area contributed by atoms with Gasteiger partial charge in [0.15, 0.2) is 6.29 Å². The van der Waals surface area contributed by atoms with E-state index in [1.807, 2.05) is 66.7 Å². The number of ether oxygens (including phenoxy) is 2. The van der Waals surface area contributed by atoms with Gasteiger partial charge in [-0.05, 0) is 64.9 Å². The van der Waals surface area contributed by atoms with Gasteiger partial charge in [-0.15, -0.1) is 11.8 Å². The highest BCUT2D eigenvalue weighted by molar-refractivity contribution is 7.99. The molecule has 4 N–H and O–H groups in total. The van der Waals surface area contributed by atoms with Crippen LogP contribution in [0.2, 0.25) is 0 Å². The second kappa shape index (κ2) is 18.4. The summed E-state index contributed by atoms with van der Waals surface area (Å²) in [6, 6.07) is 26.9. The molecule has 2 heterocycles. The van der Waals surface area contributed by atoms with Crippen molar-refractivity contribution in [3.8, 4) is 11.1 Å². The number of nitrogens with one attached hydrogen (secondary N) is 2. The quantitative estimate of drug-likeness (QED) is 0.0752. The van der Waals surface area contributed by atoms with E-state index in [1.165, 1.54) is 18.7 Å². The van der Waals surface area contributed by atoms with Crippen molar-refractivity contribution in [1.82, 2.24) is 15.6 Å². The molecule has 1 fully saturated rings. The van der Waals surface area contributed by atoms with E-state index >= 15 is 0 Å². The smallest absolute Gasteiger partial charge is 0.338 e. The van der Waals surface area contributed by atoms with Crippen molar-refractivity contribution in [2.75, 3.05) is 12.3 Å². The lowest BCUT2D eigenvalue weighted by Crippen LogP contribution is -2.31. The fourth-order valence-corrected chi connectivity index (χ4v) is 6.73. The number of pyridine rings is 1. The minimum Gasteiger partial charge on any atom is -0.478 e. The second-order valence-corrected chi connectivity index (χ2v) is 13.2. The molecule has 1 aromatic heterocycles. The molecule has 1 aliphatic rings. The molecule has 0 spiro atoms. The first kappa shape index (κ1) is 36.7. The summed E-state index contributed by atoms with van der Waals surface area (Å²) in [6.45, 7) is 2.50. The lowest BCUT2D eigenvalue weighted by atomic mass is 9.99. The summed E-state index contributed by atoms with van der Waals surface area (Å²) in [5, 5.41) is 25.4. The van der Waals surface area contributed by atoms with Crippen molar-refractivity contribution >= 4 is 29.5 Å². The first-order valence-corrected chi connectivity index (χ1v) is 17.8. The van der Waals surface area contributed by atoms with Crippen molar-refractivity contribution in [1.29, 1.82) is 0 Å². The summed E-state index contributed by atoms with van der Waals surface area (Å²) in [5.41, 5.74) is 5.72. The van der Waals surface area contributed by atoms with Crippen LogP contribution in [0.25, 0.3) is 11.1 Å². The van der Waals surface area contributed by atoms with Crippen LogP contribution in [0.1, 0.15) is 84.0 Å². The fraction of sp³-hybridized carbons (Fsp3) is 0.333. The Morgan fingerprint density at radius 1 is 0.860 bits per heavy atom. The van der Waals surface area contributed by atoms with Crippen molar-refractivity contribution < 1.29 is 34.1 Å². The van der Waals surface area contributed by atoms with Crippen molar-refractivity contribution in [2.45, 2.75) is 75.7 Å². The largest absolute Gasteiger partial charge is 0.478 e. The summed E-state index contributed by atoms with van der Waals surface area (Å²) >= 11 is 1.35. The van der Waals surface area contributed by atoms with Crippen molar-refractivity contribution in [3.05, 3.63) is 119 Å². The summed E-state index contributed by atoms with van der Waals surface area (Å²) in [7, 11) is 0. The van der Waals surface area contributed by atoms with Gasteiger partial charge in [0.05, 0.1) is 24.4 Å². The molecule has 3 aromatic carbocycles. The molecule has 5 rings (SSSR count). The van der Waals surface area contributed by atoms with E-state index in [-0.39, 0.29) is 36.2 Å². The van der Waals surface area contributed by atoms with Crippen LogP contribution in [0.4, 0.5) is 0 Å². The number of aliphatic hydroxyl groups is 1. The number of hydrogen-bond acceptors (Lipinski definition) is 8. The van der Waals surface area contributed by atoms with Gasteiger partial charge >= 0.3 is 5.97 Å². The second-order valence-electron chi connectivity index (χ2n) is 12.2. The maximum atomic E-state index is 12.4. The summed E-state index contributed by atoms with van der Waals surface area (Å²) in [5.74, 6) is -0.587. The molecule has 11 heteroatoms. The van der Waals surface area contributed by atoms with E-state index < -0.39 is 12.3 Å². The van der Waals surface area contributed by atoms with Gasteiger partial charge in [-0.2, -0.15) is 0 Å². The lowest BCUT2D eigenvalue weighted by Gasteiger charge is -2.36. The molecule has 10 nitrogen and oxygen atoms in total. The van der Waals surface area contributed by atoms with Gasteiger partial charge in [-0.25, -0.2) is 9.78 Å². The Morgan fingerprint density at radius 3 is 2.40 bits per heavy atom. The van der Waals surface area contributed by atoms with Crippen LogP contribution < -0.4 is 10.6 Å². The average Bonchev–Trinajstić information content (AvgIpc) is 3.14. The Kier molecular flexibility index (Phi) is 13.5. The van der Waals surface area contributed by atoms with Gasteiger partial charge < -0.3 is 30.3 Å². The summed E-state index contributed by atoms with van der Waals surface area (Å²) in [6.07, 6.45) is 3.84. The topological polar surface area (TPSA) is 147 Å². The van der Waals surface area contributed by atoms with Gasteiger partial charge in [0.25, 0.3) is 0 Å². The number of benzene rings is 3. The Morgan fingerprint density at radius 2 is 1.64 bits per heavy atom. The average molecular weight is 698 g/mol. The van der Waals surface area contributed by atoms with E-state index in [0.29, 0.717) is 36.7 Å². The lowest BCUT2D eigenvalue weighted by molar-refractivity contribution is -0.245. The maximum absolute atomic E-state index is 12.4. The molecule has 2 amide bonds. The number of aromatic nitrogens is 1. The molecule has 1 aliphatic heterocycles. The molecular weight excluding hydrogens is 655 g/mol. The molecule has 0 radical (unpaired) electrons. The highest BCUT2D eigenvalue weighted by atomic mass is 32.2. The zero-order valence-electron chi connectivity index (χ0n) is 28.0. The van der Waals surface area contributed by atoms with Gasteiger partial charge in [-0.1, -0.05) is 67.1 Å². The highest BCUT2D eigenvalue weighted by Crippen LogP contribution is 2.40. The van der Waals surface area contributed by atoms with E-state index in [0.717, 1.165) is 52.6 Å². The third-order valence-corrected chi connectivity index (χ3v) is 9.52. The Hall–Kier alpha value is -4.55. The van der Waals surface area contributed by atoms with E-state index in [1.54, 1.807) is 18.3 Å². The summed E-state index contributed by atoms with van der Waals surface area (Å²) in [4.78, 5) is 39.5. The van der Waals surface area contributed by atoms with Crippen LogP contribution in [-0.2, 0) is 32.2 Å². The molecule has 3 unspecified atom stereocenters. The zero-order chi connectivity index (χ0) is 35.3. The van der Waals surface area contributed by atoms with Crippen LogP contribution >= 0.6 is 11.8 Å².